The first-order valence-corrected chi connectivity index (χ1v) is 7.84. The van der Waals surface area contributed by atoms with Crippen LogP contribution in [0.1, 0.15) is 42.8 Å². The van der Waals surface area contributed by atoms with Gasteiger partial charge in [0, 0.05) is 10.5 Å². The first kappa shape index (κ1) is 13.1. The van der Waals surface area contributed by atoms with E-state index in [-0.39, 0.29) is 5.91 Å². The predicted octanol–water partition coefficient (Wildman–Crippen LogP) is 4.07. The summed E-state index contributed by atoms with van der Waals surface area (Å²) in [5, 5.41) is 5.11. The summed E-state index contributed by atoms with van der Waals surface area (Å²) in [4.78, 5) is 12.9. The van der Waals surface area contributed by atoms with Gasteiger partial charge in [-0.3, -0.25) is 4.79 Å². The molecule has 1 heterocycles. The normalized spacial score (nSPS) is 28.3. The molecule has 1 aliphatic rings. The second-order valence-electron chi connectivity index (χ2n) is 4.78. The Morgan fingerprint density at radius 2 is 2.35 bits per heavy atom. The van der Waals surface area contributed by atoms with E-state index < -0.39 is 0 Å². The van der Waals surface area contributed by atoms with Crippen LogP contribution in [0, 0.1) is 11.8 Å². The molecule has 3 unspecified atom stereocenters. The third-order valence-electron chi connectivity index (χ3n) is 3.89. The van der Waals surface area contributed by atoms with Crippen molar-refractivity contribution >= 4 is 33.2 Å². The van der Waals surface area contributed by atoms with E-state index in [1.165, 1.54) is 24.2 Å². The van der Waals surface area contributed by atoms with Crippen LogP contribution in [0.2, 0.25) is 0 Å². The molecule has 0 aromatic carbocycles. The lowest BCUT2D eigenvalue weighted by atomic mass is 9.93. The van der Waals surface area contributed by atoms with Gasteiger partial charge in [-0.1, -0.05) is 20.3 Å². The summed E-state index contributed by atoms with van der Waals surface area (Å²) >= 11 is 4.90. The molecule has 0 saturated heterocycles. The van der Waals surface area contributed by atoms with E-state index in [0.717, 1.165) is 21.7 Å². The van der Waals surface area contributed by atoms with Crippen molar-refractivity contribution in [1.82, 2.24) is 5.32 Å². The highest BCUT2D eigenvalue weighted by Gasteiger charge is 2.32. The van der Waals surface area contributed by atoms with E-state index in [4.69, 9.17) is 0 Å². The molecule has 17 heavy (non-hydrogen) atoms. The van der Waals surface area contributed by atoms with Crippen molar-refractivity contribution in [1.29, 1.82) is 0 Å². The number of thiophene rings is 1. The number of halogens is 1. The lowest BCUT2D eigenvalue weighted by molar-refractivity contribution is 0.0930. The molecule has 1 aliphatic carbocycles. The van der Waals surface area contributed by atoms with Crippen molar-refractivity contribution < 1.29 is 4.79 Å². The zero-order valence-electron chi connectivity index (χ0n) is 10.2. The minimum Gasteiger partial charge on any atom is -0.348 e. The number of carbonyl (C=O) groups is 1. The molecule has 1 aromatic heterocycles. The zero-order valence-corrected chi connectivity index (χ0v) is 12.6. The molecular formula is C13H18BrNOS. The van der Waals surface area contributed by atoms with E-state index in [1.807, 2.05) is 11.4 Å². The van der Waals surface area contributed by atoms with Crippen LogP contribution in [0.5, 0.6) is 0 Å². The average molecular weight is 316 g/mol. The lowest BCUT2D eigenvalue weighted by Gasteiger charge is -2.20. The van der Waals surface area contributed by atoms with Crippen molar-refractivity contribution in [2.24, 2.45) is 11.8 Å². The van der Waals surface area contributed by atoms with Crippen molar-refractivity contribution in [3.8, 4) is 0 Å². The van der Waals surface area contributed by atoms with Crippen LogP contribution in [0.25, 0.3) is 0 Å². The number of carbonyl (C=O) groups excluding carboxylic acids is 1. The molecule has 1 aromatic rings. The van der Waals surface area contributed by atoms with Crippen molar-refractivity contribution in [3.05, 3.63) is 20.8 Å². The Hall–Kier alpha value is -0.350. The van der Waals surface area contributed by atoms with Crippen LogP contribution < -0.4 is 5.32 Å². The van der Waals surface area contributed by atoms with Gasteiger partial charge in [-0.05, 0) is 52.1 Å². The third kappa shape index (κ3) is 2.74. The summed E-state index contributed by atoms with van der Waals surface area (Å²) in [6.45, 7) is 4.50. The Kier molecular flexibility index (Phi) is 4.26. The zero-order chi connectivity index (χ0) is 12.4. The minimum atomic E-state index is 0.0699. The Morgan fingerprint density at radius 1 is 1.59 bits per heavy atom. The second-order valence-corrected chi connectivity index (χ2v) is 6.55. The van der Waals surface area contributed by atoms with E-state index in [0.29, 0.717) is 12.0 Å². The fourth-order valence-electron chi connectivity index (χ4n) is 2.72. The second kappa shape index (κ2) is 5.53. The first-order valence-electron chi connectivity index (χ1n) is 6.17. The van der Waals surface area contributed by atoms with E-state index in [9.17, 15) is 4.79 Å². The van der Waals surface area contributed by atoms with Crippen molar-refractivity contribution in [2.45, 2.75) is 39.2 Å². The van der Waals surface area contributed by atoms with Crippen LogP contribution >= 0.6 is 27.3 Å². The van der Waals surface area contributed by atoms with Crippen LogP contribution in [0.15, 0.2) is 15.9 Å². The smallest absolute Gasteiger partial charge is 0.262 e. The maximum absolute atomic E-state index is 12.1. The molecule has 1 amide bonds. The molecule has 0 radical (unpaired) electrons. The summed E-state index contributed by atoms with van der Waals surface area (Å²) in [6, 6.07) is 2.27. The van der Waals surface area contributed by atoms with Gasteiger partial charge < -0.3 is 5.32 Å². The van der Waals surface area contributed by atoms with Gasteiger partial charge in [-0.15, -0.1) is 11.3 Å². The molecule has 1 saturated carbocycles. The Labute approximate surface area is 115 Å². The Morgan fingerprint density at radius 3 is 2.88 bits per heavy atom. The maximum atomic E-state index is 12.1. The van der Waals surface area contributed by atoms with Gasteiger partial charge in [0.15, 0.2) is 0 Å². The van der Waals surface area contributed by atoms with Crippen LogP contribution in [-0.2, 0) is 0 Å². The average Bonchev–Trinajstić information content (AvgIpc) is 2.87. The summed E-state index contributed by atoms with van der Waals surface area (Å²) in [6.07, 6.45) is 3.58. The molecule has 2 nitrogen and oxygen atoms in total. The molecule has 1 fully saturated rings. The van der Waals surface area contributed by atoms with Crippen LogP contribution in [0.4, 0.5) is 0 Å². The fraction of sp³-hybridized carbons (Fsp3) is 0.615. The molecule has 4 heteroatoms. The standard InChI is InChI=1S/C13H18BrNOS/c1-3-9-4-5-11(8(9)2)15-13(16)12-10(14)6-7-17-12/h6-9,11H,3-5H2,1-2H3,(H,15,16). The number of hydrogen-bond donors (Lipinski definition) is 1. The summed E-state index contributed by atoms with van der Waals surface area (Å²) in [7, 11) is 0. The number of hydrogen-bond acceptors (Lipinski definition) is 2. The maximum Gasteiger partial charge on any atom is 0.262 e. The van der Waals surface area contributed by atoms with Gasteiger partial charge in [-0.25, -0.2) is 0 Å². The number of amides is 1. The highest BCUT2D eigenvalue weighted by atomic mass is 79.9. The molecule has 3 atom stereocenters. The van der Waals surface area contributed by atoms with E-state index in [1.54, 1.807) is 0 Å². The fourth-order valence-corrected chi connectivity index (χ4v) is 4.17. The summed E-state index contributed by atoms with van der Waals surface area (Å²) < 4.78 is 0.901. The van der Waals surface area contributed by atoms with Gasteiger partial charge in [-0.2, -0.15) is 0 Å². The Bertz CT molecular complexity index is 404. The largest absolute Gasteiger partial charge is 0.348 e. The van der Waals surface area contributed by atoms with Gasteiger partial charge in [0.25, 0.3) is 5.91 Å². The van der Waals surface area contributed by atoms with Crippen molar-refractivity contribution in [2.75, 3.05) is 0 Å². The van der Waals surface area contributed by atoms with Gasteiger partial charge in [0.05, 0.1) is 0 Å². The number of nitrogens with one attached hydrogen (secondary N) is 1. The Balaban J connectivity index is 1.99. The highest BCUT2D eigenvalue weighted by molar-refractivity contribution is 9.10. The SMILES string of the molecule is CCC1CCC(NC(=O)c2sccc2Br)C1C. The van der Waals surface area contributed by atoms with E-state index >= 15 is 0 Å². The van der Waals surface area contributed by atoms with E-state index in [2.05, 4.69) is 35.1 Å². The molecule has 0 bridgehead atoms. The molecule has 0 spiro atoms. The first-order chi connectivity index (χ1) is 8.13. The van der Waals surface area contributed by atoms with Gasteiger partial charge in [0.2, 0.25) is 0 Å². The predicted molar refractivity (Wildman–Crippen MR) is 75.5 cm³/mol. The topological polar surface area (TPSA) is 29.1 Å². The molecule has 94 valence electrons. The third-order valence-corrected chi connectivity index (χ3v) is 5.73. The van der Waals surface area contributed by atoms with Crippen LogP contribution in [-0.4, -0.2) is 11.9 Å². The van der Waals surface area contributed by atoms with Gasteiger partial charge in [0.1, 0.15) is 4.88 Å². The summed E-state index contributed by atoms with van der Waals surface area (Å²) in [5.74, 6) is 1.44. The number of rotatable bonds is 3. The quantitative estimate of drug-likeness (QED) is 0.895. The van der Waals surface area contributed by atoms with Crippen LogP contribution in [0.3, 0.4) is 0 Å². The lowest BCUT2D eigenvalue weighted by Crippen LogP contribution is -2.37. The summed E-state index contributed by atoms with van der Waals surface area (Å²) in [5.41, 5.74) is 0. The monoisotopic (exact) mass is 315 g/mol. The molecular weight excluding hydrogens is 298 g/mol. The minimum absolute atomic E-state index is 0.0699. The highest BCUT2D eigenvalue weighted by Crippen LogP contribution is 2.34. The molecule has 1 N–H and O–H groups in total. The van der Waals surface area contributed by atoms with Crippen molar-refractivity contribution in [3.63, 3.8) is 0 Å². The molecule has 0 aliphatic heterocycles. The molecule has 2 rings (SSSR count). The van der Waals surface area contributed by atoms with Gasteiger partial charge >= 0.3 is 0 Å².